The van der Waals surface area contributed by atoms with E-state index in [1.165, 1.54) is 17.7 Å². The molecular weight excluding hydrogens is 684 g/mol. The number of nitrogens with two attached hydrogens (primary N) is 1. The molecule has 0 spiro atoms. The summed E-state index contributed by atoms with van der Waals surface area (Å²) in [5, 5.41) is 57.3. The average Bonchev–Trinajstić information content (AvgIpc) is 3.73. The number of aliphatic hydroxyl groups excluding tert-OH is 3. The number of phenols is 2. The zero-order valence-corrected chi connectivity index (χ0v) is 30.5. The van der Waals surface area contributed by atoms with Crippen LogP contribution in [0, 0.1) is 11.8 Å². The van der Waals surface area contributed by atoms with Crippen molar-refractivity contribution in [2.24, 2.45) is 5.73 Å². The molecule has 284 valence electrons. The fraction of sp³-hybridized carbons (Fsp3) is 0.372. The van der Waals surface area contributed by atoms with Gasteiger partial charge in [-0.3, -0.25) is 10.1 Å². The van der Waals surface area contributed by atoms with Crippen LogP contribution in [0.25, 0.3) is 10.9 Å². The fourth-order valence-electron chi connectivity index (χ4n) is 7.04. The summed E-state index contributed by atoms with van der Waals surface area (Å²) in [4.78, 5) is 16.0. The van der Waals surface area contributed by atoms with Crippen molar-refractivity contribution in [3.8, 4) is 29.1 Å². The van der Waals surface area contributed by atoms with E-state index in [0.717, 1.165) is 40.4 Å². The highest BCUT2D eigenvalue weighted by Crippen LogP contribution is 2.37. The van der Waals surface area contributed by atoms with E-state index in [-0.39, 0.29) is 55.1 Å². The number of nitrogens with zero attached hydrogens (tertiary/aromatic N) is 1. The first-order valence-corrected chi connectivity index (χ1v) is 18.7. The second-order valence-corrected chi connectivity index (χ2v) is 14.2. The number of benzene rings is 3. The number of ether oxygens (including phenoxy) is 1. The molecule has 5 aromatic rings. The molecule has 9 N–H and O–H groups in total. The van der Waals surface area contributed by atoms with Crippen molar-refractivity contribution in [3.63, 3.8) is 0 Å². The van der Waals surface area contributed by atoms with Gasteiger partial charge < -0.3 is 45.6 Å². The lowest BCUT2D eigenvalue weighted by Gasteiger charge is -2.21. The first-order chi connectivity index (χ1) is 26.1. The average molecular weight is 735 g/mol. The highest BCUT2D eigenvalue weighted by molar-refractivity contribution is 5.83. The number of aliphatic hydroxyl groups is 3. The molecule has 0 amide bonds. The van der Waals surface area contributed by atoms with E-state index in [1.807, 2.05) is 66.5 Å². The standard InChI is InChI=1S/C43H50N4O7/c1-2-7-32(48)21-34(50)22-33(49)14-12-28-20-41(40(53)23-39(28)52)54-42-11-6-10-38(51)35-15-13-29(43(44)45-17-16-27-8-4-3-5-9-27)18-30(35)19-31-24-46-37-26-47(42)25-36(31)37/h3-5,8-9,13,15,18,20,23-26,32,34,38,42-43,45-46,48,50-53H,2,7,11-12,14,16-17,19,21-22,44H2,1H3/t32-,34+,38-,42-,43+/m0/s1. The van der Waals surface area contributed by atoms with Crippen molar-refractivity contribution in [2.75, 3.05) is 6.54 Å². The number of aromatic nitrogens is 2. The molecule has 0 fully saturated rings. The molecule has 1 aliphatic rings. The molecular formula is C43H50N4O7. The number of rotatable bonds is 16. The van der Waals surface area contributed by atoms with Crippen molar-refractivity contribution in [2.45, 2.75) is 95.4 Å². The van der Waals surface area contributed by atoms with Crippen molar-refractivity contribution >= 4 is 16.7 Å². The van der Waals surface area contributed by atoms with Crippen molar-refractivity contribution in [1.82, 2.24) is 14.9 Å². The molecule has 2 bridgehead atoms. The molecule has 0 saturated heterocycles. The Kier molecular flexibility index (Phi) is 12.7. The highest BCUT2D eigenvalue weighted by atomic mass is 16.5. The molecule has 0 saturated carbocycles. The number of H-pyrrole nitrogens is 1. The number of aromatic amines is 1. The van der Waals surface area contributed by atoms with E-state index in [4.69, 9.17) is 10.5 Å². The number of Topliss-reactive ketones (excluding diaryl/α,β-unsaturated/α-hetero) is 1. The van der Waals surface area contributed by atoms with Gasteiger partial charge in [-0.25, -0.2) is 0 Å². The molecule has 3 heterocycles. The molecule has 11 heteroatoms. The van der Waals surface area contributed by atoms with Crippen LogP contribution in [0.4, 0.5) is 0 Å². The number of ketones is 1. The number of aromatic hydroxyl groups is 2. The zero-order chi connectivity index (χ0) is 38.2. The van der Waals surface area contributed by atoms with Gasteiger partial charge in [-0.1, -0.05) is 73.7 Å². The SMILES string of the molecule is CCC[C@H](O)C[C@@H](O)CC(=O)CCc1cc(O[C@H]2CC#C[C@H](O)c3ccc([C@H](N)NCCc4ccccc4)cc3Cc3c[nH]c4cn2cc34)c(O)cc1O. The third kappa shape index (κ3) is 9.71. The Morgan fingerprint density at radius 3 is 2.65 bits per heavy atom. The van der Waals surface area contributed by atoms with Gasteiger partial charge in [0.15, 0.2) is 17.7 Å². The highest BCUT2D eigenvalue weighted by Gasteiger charge is 2.22. The summed E-state index contributed by atoms with van der Waals surface area (Å²) >= 11 is 0. The van der Waals surface area contributed by atoms with E-state index >= 15 is 0 Å². The molecule has 3 aromatic carbocycles. The molecule has 5 atom stereocenters. The van der Waals surface area contributed by atoms with Gasteiger partial charge in [-0.2, -0.15) is 0 Å². The van der Waals surface area contributed by atoms with Crippen LogP contribution in [0.5, 0.6) is 17.2 Å². The second-order valence-electron chi connectivity index (χ2n) is 14.2. The molecule has 0 aliphatic carbocycles. The minimum absolute atomic E-state index is 0.0519. The van der Waals surface area contributed by atoms with Gasteiger partial charge in [0.25, 0.3) is 0 Å². The largest absolute Gasteiger partial charge is 0.508 e. The van der Waals surface area contributed by atoms with Crippen LogP contribution in [0.1, 0.15) is 97.3 Å². The maximum atomic E-state index is 12.6. The minimum Gasteiger partial charge on any atom is -0.508 e. The summed E-state index contributed by atoms with van der Waals surface area (Å²) in [6.45, 7) is 2.65. The molecule has 11 nitrogen and oxygen atoms in total. The molecule has 54 heavy (non-hydrogen) atoms. The molecule has 0 unspecified atom stereocenters. The van der Waals surface area contributed by atoms with Crippen LogP contribution in [0.3, 0.4) is 0 Å². The lowest BCUT2D eigenvalue weighted by Crippen LogP contribution is -2.30. The van der Waals surface area contributed by atoms with E-state index in [0.29, 0.717) is 30.5 Å². The number of aryl methyl sites for hydroxylation is 1. The minimum atomic E-state index is -1.07. The molecule has 0 radical (unpaired) electrons. The topological polar surface area (TPSA) is 186 Å². The van der Waals surface area contributed by atoms with Crippen LogP contribution in [0.2, 0.25) is 0 Å². The Hall–Kier alpha value is -5.09. The third-order valence-corrected chi connectivity index (χ3v) is 9.99. The maximum absolute atomic E-state index is 12.6. The van der Waals surface area contributed by atoms with E-state index < -0.39 is 30.7 Å². The number of carbonyl (C=O) groups is 1. The van der Waals surface area contributed by atoms with Gasteiger partial charge in [0.2, 0.25) is 0 Å². The van der Waals surface area contributed by atoms with Crippen molar-refractivity contribution in [1.29, 1.82) is 0 Å². The first-order valence-electron chi connectivity index (χ1n) is 18.7. The van der Waals surface area contributed by atoms with E-state index in [9.17, 15) is 30.3 Å². The normalized spacial score (nSPS) is 17.1. The Labute approximate surface area is 315 Å². The van der Waals surface area contributed by atoms with Crippen LogP contribution in [-0.4, -0.2) is 59.6 Å². The number of carbonyl (C=O) groups excluding carboxylic acids is 1. The smallest absolute Gasteiger partial charge is 0.186 e. The Morgan fingerprint density at radius 1 is 1.04 bits per heavy atom. The summed E-state index contributed by atoms with van der Waals surface area (Å²) in [7, 11) is 0. The second kappa shape index (κ2) is 17.8. The number of nitrogens with one attached hydrogen (secondary N) is 2. The number of hydrogen-bond acceptors (Lipinski definition) is 9. The lowest BCUT2D eigenvalue weighted by molar-refractivity contribution is -0.121. The van der Waals surface area contributed by atoms with Gasteiger partial charge in [0.05, 0.1) is 30.3 Å². The predicted octanol–water partition coefficient (Wildman–Crippen LogP) is 5.58. The van der Waals surface area contributed by atoms with Crippen LogP contribution < -0.4 is 15.8 Å². The van der Waals surface area contributed by atoms with E-state index in [1.54, 1.807) is 0 Å². The fourth-order valence-corrected chi connectivity index (χ4v) is 7.04. The maximum Gasteiger partial charge on any atom is 0.186 e. The quantitative estimate of drug-likeness (QED) is 0.0473. The van der Waals surface area contributed by atoms with Crippen molar-refractivity contribution < 1.29 is 35.1 Å². The first kappa shape index (κ1) is 38.6. The lowest BCUT2D eigenvalue weighted by atomic mass is 9.94. The summed E-state index contributed by atoms with van der Waals surface area (Å²) < 4.78 is 8.20. The Morgan fingerprint density at radius 2 is 1.85 bits per heavy atom. The van der Waals surface area contributed by atoms with Crippen LogP contribution >= 0.6 is 0 Å². The summed E-state index contributed by atoms with van der Waals surface area (Å²) in [6.07, 6.45) is 5.16. The zero-order valence-electron chi connectivity index (χ0n) is 30.5. The van der Waals surface area contributed by atoms with Gasteiger partial charge in [0, 0.05) is 55.9 Å². The predicted molar refractivity (Wildman–Crippen MR) is 207 cm³/mol. The Bertz CT molecular complexity index is 2100. The van der Waals surface area contributed by atoms with Crippen LogP contribution in [0.15, 0.2) is 79.3 Å². The van der Waals surface area contributed by atoms with Crippen LogP contribution in [-0.2, 0) is 24.1 Å². The Balaban J connectivity index is 1.18. The van der Waals surface area contributed by atoms with Gasteiger partial charge in [-0.15, -0.1) is 0 Å². The molecule has 6 rings (SSSR count). The van der Waals surface area contributed by atoms with Crippen molar-refractivity contribution in [3.05, 3.63) is 113 Å². The monoisotopic (exact) mass is 734 g/mol. The third-order valence-electron chi connectivity index (χ3n) is 9.99. The number of fused-ring (bicyclic) bond motifs is 2. The molecule has 2 aromatic heterocycles. The summed E-state index contributed by atoms with van der Waals surface area (Å²) in [5.74, 6) is 5.49. The van der Waals surface area contributed by atoms with E-state index in [2.05, 4.69) is 34.3 Å². The number of hydrogen-bond donors (Lipinski definition) is 8. The summed E-state index contributed by atoms with van der Waals surface area (Å²) in [6, 6.07) is 18.8. The van der Waals surface area contributed by atoms with Gasteiger partial charge in [0.1, 0.15) is 17.6 Å². The van der Waals surface area contributed by atoms with Gasteiger partial charge in [-0.05, 0) is 65.1 Å². The summed E-state index contributed by atoms with van der Waals surface area (Å²) in [5.41, 5.74) is 12.6. The van der Waals surface area contributed by atoms with Gasteiger partial charge >= 0.3 is 0 Å². The number of phenolic OH excluding ortho intramolecular Hbond substituents is 2. The molecule has 1 aliphatic heterocycles.